The smallest absolute Gasteiger partial charge is 0.218 e. The molecule has 0 aliphatic rings. The number of hydrogen-bond acceptors (Lipinski definition) is 5. The van der Waals surface area contributed by atoms with Gasteiger partial charge >= 0.3 is 0 Å². The monoisotopic (exact) mass is 331 g/mol. The third-order valence-corrected chi connectivity index (χ3v) is 3.41. The molecule has 2 rings (SSSR count). The molecule has 0 spiro atoms. The summed E-state index contributed by atoms with van der Waals surface area (Å²) in [5.41, 5.74) is 0.899. The van der Waals surface area contributed by atoms with Crippen LogP contribution in [0, 0.1) is 0 Å². The molecule has 130 valence electrons. The van der Waals surface area contributed by atoms with E-state index in [4.69, 9.17) is 9.15 Å². The number of nitrogens with one attached hydrogen (secondary N) is 2. The quantitative estimate of drug-likeness (QED) is 0.646. The average molecular weight is 331 g/mol. The Labute approximate surface area is 142 Å². The number of pyridine rings is 1. The van der Waals surface area contributed by atoms with Crippen LogP contribution in [0.25, 0.3) is 0 Å². The molecule has 0 fully saturated rings. The van der Waals surface area contributed by atoms with Crippen molar-refractivity contribution in [3.8, 4) is 5.88 Å². The van der Waals surface area contributed by atoms with Crippen molar-refractivity contribution in [1.29, 1.82) is 0 Å². The second-order valence-electron chi connectivity index (χ2n) is 6.32. The summed E-state index contributed by atoms with van der Waals surface area (Å²) in [5, 5.41) is 6.40. The number of aromatic nitrogens is 2. The molecule has 0 saturated heterocycles. The van der Waals surface area contributed by atoms with Crippen LogP contribution in [0.5, 0.6) is 5.88 Å². The van der Waals surface area contributed by atoms with Gasteiger partial charge in [0, 0.05) is 30.8 Å². The highest BCUT2D eigenvalue weighted by atomic mass is 16.5. The molecule has 7 heteroatoms. The minimum Gasteiger partial charge on any atom is -0.481 e. The molecule has 0 atom stereocenters. The van der Waals surface area contributed by atoms with Crippen molar-refractivity contribution in [3.63, 3.8) is 0 Å². The topological polar surface area (TPSA) is 84.6 Å². The largest absolute Gasteiger partial charge is 0.481 e. The summed E-state index contributed by atoms with van der Waals surface area (Å²) < 4.78 is 11.0. The predicted molar refractivity (Wildman–Crippen MR) is 93.0 cm³/mol. The highest BCUT2D eigenvalue weighted by molar-refractivity contribution is 5.79. The van der Waals surface area contributed by atoms with Crippen LogP contribution < -0.4 is 15.4 Å². The van der Waals surface area contributed by atoms with Gasteiger partial charge in [0.15, 0.2) is 5.96 Å². The SMILES string of the molecule is CN=C(NCc1ncc(C(C)(C)C)o1)NCc1cccnc1OC. The Kier molecular flexibility index (Phi) is 5.78. The summed E-state index contributed by atoms with van der Waals surface area (Å²) in [5.74, 6) is 2.74. The molecule has 7 nitrogen and oxygen atoms in total. The van der Waals surface area contributed by atoms with Crippen LogP contribution in [-0.2, 0) is 18.5 Å². The number of aliphatic imine (C=N–C) groups is 1. The lowest BCUT2D eigenvalue weighted by molar-refractivity contribution is 0.379. The zero-order valence-electron chi connectivity index (χ0n) is 14.9. The van der Waals surface area contributed by atoms with Crippen molar-refractivity contribution < 1.29 is 9.15 Å². The molecule has 2 aromatic heterocycles. The first-order valence-electron chi connectivity index (χ1n) is 7.81. The lowest BCUT2D eigenvalue weighted by Gasteiger charge is -2.14. The first-order valence-corrected chi connectivity index (χ1v) is 7.81. The van der Waals surface area contributed by atoms with E-state index in [9.17, 15) is 0 Å². The minimum absolute atomic E-state index is 0.0535. The fourth-order valence-corrected chi connectivity index (χ4v) is 2.04. The van der Waals surface area contributed by atoms with Crippen LogP contribution in [0.15, 0.2) is 33.9 Å². The Bertz CT molecular complexity index is 688. The Morgan fingerprint density at radius 3 is 2.62 bits per heavy atom. The van der Waals surface area contributed by atoms with Crippen LogP contribution in [0.1, 0.15) is 38.0 Å². The summed E-state index contributed by atoms with van der Waals surface area (Å²) in [4.78, 5) is 12.7. The van der Waals surface area contributed by atoms with E-state index in [1.165, 1.54) is 0 Å². The molecular formula is C17H25N5O2. The molecule has 2 N–H and O–H groups in total. The van der Waals surface area contributed by atoms with Crippen LogP contribution in [0.2, 0.25) is 0 Å². The van der Waals surface area contributed by atoms with Gasteiger partial charge in [0.05, 0.1) is 19.9 Å². The van der Waals surface area contributed by atoms with E-state index in [-0.39, 0.29) is 5.41 Å². The third kappa shape index (κ3) is 4.71. The first kappa shape index (κ1) is 17.8. The molecule has 0 bridgehead atoms. The van der Waals surface area contributed by atoms with E-state index in [2.05, 4.69) is 46.4 Å². The fourth-order valence-electron chi connectivity index (χ4n) is 2.04. The van der Waals surface area contributed by atoms with Gasteiger partial charge in [-0.05, 0) is 6.07 Å². The van der Waals surface area contributed by atoms with Gasteiger partial charge in [0.25, 0.3) is 0 Å². The van der Waals surface area contributed by atoms with E-state index >= 15 is 0 Å². The lowest BCUT2D eigenvalue weighted by atomic mass is 9.94. The maximum Gasteiger partial charge on any atom is 0.218 e. The van der Waals surface area contributed by atoms with E-state index in [1.54, 1.807) is 26.6 Å². The van der Waals surface area contributed by atoms with E-state index in [0.29, 0.717) is 30.8 Å². The van der Waals surface area contributed by atoms with Gasteiger partial charge in [-0.15, -0.1) is 0 Å². The summed E-state index contributed by atoms with van der Waals surface area (Å²) in [7, 11) is 3.32. The number of nitrogens with zero attached hydrogens (tertiary/aromatic N) is 3. The molecule has 0 amide bonds. The van der Waals surface area contributed by atoms with Crippen molar-refractivity contribution in [2.45, 2.75) is 39.3 Å². The Hall–Kier alpha value is -2.57. The number of rotatable bonds is 5. The highest BCUT2D eigenvalue weighted by Crippen LogP contribution is 2.22. The average Bonchev–Trinajstić information content (AvgIpc) is 3.04. The second-order valence-corrected chi connectivity index (χ2v) is 6.32. The maximum atomic E-state index is 5.76. The summed E-state index contributed by atoms with van der Waals surface area (Å²) in [6.07, 6.45) is 3.47. The maximum absolute atomic E-state index is 5.76. The number of guanidine groups is 1. The van der Waals surface area contributed by atoms with Crippen LogP contribution in [0.4, 0.5) is 0 Å². The van der Waals surface area contributed by atoms with Gasteiger partial charge in [-0.1, -0.05) is 26.8 Å². The number of ether oxygens (including phenoxy) is 1. The van der Waals surface area contributed by atoms with Gasteiger partial charge in [-0.25, -0.2) is 9.97 Å². The van der Waals surface area contributed by atoms with Gasteiger partial charge in [0.1, 0.15) is 5.76 Å². The van der Waals surface area contributed by atoms with Crippen LogP contribution in [0.3, 0.4) is 0 Å². The first-order chi connectivity index (χ1) is 11.4. The van der Waals surface area contributed by atoms with Crippen molar-refractivity contribution in [3.05, 3.63) is 41.7 Å². The molecule has 0 aromatic carbocycles. The van der Waals surface area contributed by atoms with Crippen molar-refractivity contribution in [2.75, 3.05) is 14.2 Å². The molecule has 0 saturated carbocycles. The zero-order valence-corrected chi connectivity index (χ0v) is 14.9. The second kappa shape index (κ2) is 7.81. The number of oxazole rings is 1. The van der Waals surface area contributed by atoms with E-state index in [0.717, 1.165) is 11.3 Å². The summed E-state index contributed by atoms with van der Waals surface area (Å²) in [6, 6.07) is 3.83. The minimum atomic E-state index is -0.0535. The molecule has 2 aromatic rings. The predicted octanol–water partition coefficient (Wildman–Crippen LogP) is 2.24. The normalized spacial score (nSPS) is 12.1. The number of hydrogen-bond donors (Lipinski definition) is 2. The van der Waals surface area contributed by atoms with Crippen molar-refractivity contribution in [1.82, 2.24) is 20.6 Å². The summed E-state index contributed by atoms with van der Waals surface area (Å²) >= 11 is 0. The fraction of sp³-hybridized carbons (Fsp3) is 0.471. The van der Waals surface area contributed by atoms with E-state index < -0.39 is 0 Å². The zero-order chi connectivity index (χ0) is 17.6. The van der Waals surface area contributed by atoms with Crippen molar-refractivity contribution >= 4 is 5.96 Å². The van der Waals surface area contributed by atoms with Gasteiger partial charge < -0.3 is 19.8 Å². The van der Waals surface area contributed by atoms with Gasteiger partial charge in [-0.2, -0.15) is 0 Å². The van der Waals surface area contributed by atoms with E-state index in [1.807, 2.05) is 12.1 Å². The molecule has 24 heavy (non-hydrogen) atoms. The van der Waals surface area contributed by atoms with Gasteiger partial charge in [0.2, 0.25) is 11.8 Å². The molecule has 0 unspecified atom stereocenters. The molecule has 2 heterocycles. The summed E-state index contributed by atoms with van der Waals surface area (Å²) in [6.45, 7) is 7.28. The third-order valence-electron chi connectivity index (χ3n) is 3.41. The molecule has 0 aliphatic carbocycles. The Balaban J connectivity index is 1.90. The Morgan fingerprint density at radius 1 is 1.25 bits per heavy atom. The molecule has 0 radical (unpaired) electrons. The highest BCUT2D eigenvalue weighted by Gasteiger charge is 2.19. The van der Waals surface area contributed by atoms with Gasteiger partial charge in [-0.3, -0.25) is 4.99 Å². The van der Waals surface area contributed by atoms with Crippen LogP contribution in [-0.4, -0.2) is 30.1 Å². The lowest BCUT2D eigenvalue weighted by Crippen LogP contribution is -2.36. The molecular weight excluding hydrogens is 306 g/mol. The van der Waals surface area contributed by atoms with Crippen molar-refractivity contribution in [2.24, 2.45) is 4.99 Å². The molecule has 0 aliphatic heterocycles. The standard InChI is InChI=1S/C17H25N5O2/c1-17(2,3)13-10-20-14(24-13)11-22-16(18-4)21-9-12-7-6-8-19-15(12)23-5/h6-8,10H,9,11H2,1-5H3,(H2,18,21,22). The van der Waals surface area contributed by atoms with Crippen LogP contribution >= 0.6 is 0 Å². The number of methoxy groups -OCH3 is 1. The Morgan fingerprint density at radius 2 is 2.00 bits per heavy atom.